The normalized spacial score (nSPS) is 18.3. The Morgan fingerprint density at radius 2 is 2.11 bits per heavy atom. The molecule has 4 heterocycles. The number of anilines is 1. The maximum Gasteiger partial charge on any atom is 0.348 e. The van der Waals surface area contributed by atoms with E-state index >= 15 is 0 Å². The van der Waals surface area contributed by atoms with Crippen LogP contribution in [0.2, 0.25) is 10.0 Å². The van der Waals surface area contributed by atoms with Crippen molar-refractivity contribution in [3.05, 3.63) is 38.7 Å². The molecule has 3 aromatic rings. The second kappa shape index (κ2) is 10.7. The van der Waals surface area contributed by atoms with Crippen LogP contribution in [0.4, 0.5) is 5.13 Å². The van der Waals surface area contributed by atoms with E-state index in [-0.39, 0.29) is 27.5 Å². The van der Waals surface area contributed by atoms with Crippen LogP contribution in [0.25, 0.3) is 11.5 Å². The zero-order valence-corrected chi connectivity index (χ0v) is 22.0. The molecule has 35 heavy (non-hydrogen) atoms. The highest BCUT2D eigenvalue weighted by Gasteiger charge is 2.32. The Bertz CT molecular complexity index is 1240. The van der Waals surface area contributed by atoms with Crippen LogP contribution in [-0.2, 0) is 11.3 Å². The van der Waals surface area contributed by atoms with Crippen LogP contribution in [0.1, 0.15) is 45.6 Å². The molecular weight excluding hydrogens is 513 g/mol. The molecule has 2 atom stereocenters. The van der Waals surface area contributed by atoms with E-state index in [2.05, 4.69) is 21.8 Å². The van der Waals surface area contributed by atoms with E-state index in [0.717, 1.165) is 17.8 Å². The topological polar surface area (TPSA) is 113 Å². The van der Waals surface area contributed by atoms with Crippen molar-refractivity contribution in [2.24, 2.45) is 11.8 Å². The van der Waals surface area contributed by atoms with Gasteiger partial charge in [-0.3, -0.25) is 4.79 Å². The molecule has 3 aromatic heterocycles. The molecule has 0 spiro atoms. The molecule has 1 fully saturated rings. The first-order valence-electron chi connectivity index (χ1n) is 11.3. The van der Waals surface area contributed by atoms with E-state index < -0.39 is 5.97 Å². The van der Waals surface area contributed by atoms with Gasteiger partial charge in [0.2, 0.25) is 0 Å². The smallest absolute Gasteiger partial charge is 0.348 e. The Morgan fingerprint density at radius 3 is 2.74 bits per heavy atom. The number of carboxylic acids is 1. The van der Waals surface area contributed by atoms with Crippen molar-refractivity contribution in [2.45, 2.75) is 33.2 Å². The van der Waals surface area contributed by atoms with Gasteiger partial charge in [0.1, 0.15) is 16.3 Å². The summed E-state index contributed by atoms with van der Waals surface area (Å²) in [5.41, 5.74) is 1.40. The van der Waals surface area contributed by atoms with Gasteiger partial charge in [0.05, 0.1) is 16.7 Å². The number of thiazole rings is 1. The number of piperidine rings is 1. The fourth-order valence-corrected chi connectivity index (χ4v) is 5.78. The van der Waals surface area contributed by atoms with E-state index in [1.165, 1.54) is 0 Å². The molecule has 4 rings (SSSR count). The van der Waals surface area contributed by atoms with E-state index in [1.807, 2.05) is 4.57 Å². The SMILES string of the molecule is COCCn1ccnc1-c1nc(N2CC[C@@H](CC(=O)c3[nH]c(C)c(Cl)c3Cl)[C@@H](C)C2)sc1C(=O)O. The number of carbonyl (C=O) groups is 2. The molecule has 0 aromatic carbocycles. The van der Waals surface area contributed by atoms with Crippen LogP contribution in [-0.4, -0.2) is 63.2 Å². The van der Waals surface area contributed by atoms with E-state index in [9.17, 15) is 14.7 Å². The predicted molar refractivity (Wildman–Crippen MR) is 136 cm³/mol. The van der Waals surface area contributed by atoms with Crippen molar-refractivity contribution < 1.29 is 19.4 Å². The van der Waals surface area contributed by atoms with Crippen LogP contribution >= 0.6 is 34.5 Å². The second-order valence-corrected chi connectivity index (χ2v) is 10.5. The summed E-state index contributed by atoms with van der Waals surface area (Å²) < 4.78 is 6.99. The van der Waals surface area contributed by atoms with Gasteiger partial charge in [-0.2, -0.15) is 0 Å². The summed E-state index contributed by atoms with van der Waals surface area (Å²) in [7, 11) is 1.61. The minimum absolute atomic E-state index is 0.0529. The number of rotatable bonds is 9. The third-order valence-corrected chi connectivity index (χ3v) is 8.46. The van der Waals surface area contributed by atoms with E-state index in [1.54, 1.807) is 26.4 Å². The zero-order valence-electron chi connectivity index (χ0n) is 19.7. The highest BCUT2D eigenvalue weighted by Crippen LogP contribution is 2.37. The third kappa shape index (κ3) is 5.25. The summed E-state index contributed by atoms with van der Waals surface area (Å²) in [6.07, 6.45) is 4.56. The molecule has 0 unspecified atom stereocenters. The predicted octanol–water partition coefficient (Wildman–Crippen LogP) is 5.03. The number of ketones is 1. The van der Waals surface area contributed by atoms with Gasteiger partial charge in [-0.1, -0.05) is 41.5 Å². The zero-order chi connectivity index (χ0) is 25.3. The Labute approximate surface area is 217 Å². The quantitative estimate of drug-likeness (QED) is 0.366. The molecule has 1 saturated heterocycles. The molecule has 0 bridgehead atoms. The number of imidazole rings is 1. The van der Waals surface area contributed by atoms with Crippen molar-refractivity contribution >= 4 is 51.4 Å². The lowest BCUT2D eigenvalue weighted by Gasteiger charge is -2.36. The summed E-state index contributed by atoms with van der Waals surface area (Å²) in [4.78, 5) is 39.2. The maximum absolute atomic E-state index is 12.9. The monoisotopic (exact) mass is 539 g/mol. The summed E-state index contributed by atoms with van der Waals surface area (Å²) in [5, 5.41) is 11.1. The number of aromatic nitrogens is 4. The number of aryl methyl sites for hydroxylation is 1. The van der Waals surface area contributed by atoms with Gasteiger partial charge in [-0.05, 0) is 25.2 Å². The van der Waals surface area contributed by atoms with Crippen molar-refractivity contribution in [3.8, 4) is 11.5 Å². The highest BCUT2D eigenvalue weighted by atomic mass is 35.5. The number of carboxylic acid groups (broad SMARTS) is 1. The number of Topliss-reactive ketones (excluding diaryl/α,β-unsaturated/α-hetero) is 1. The Balaban J connectivity index is 1.49. The molecule has 12 heteroatoms. The molecule has 0 radical (unpaired) electrons. The number of hydrogen-bond acceptors (Lipinski definition) is 7. The van der Waals surface area contributed by atoms with E-state index in [4.69, 9.17) is 32.9 Å². The number of methoxy groups -OCH3 is 1. The minimum atomic E-state index is -1.03. The van der Waals surface area contributed by atoms with Gasteiger partial charge in [0.25, 0.3) is 0 Å². The molecule has 2 N–H and O–H groups in total. The standard InChI is InChI=1S/C23H27Cl2N5O4S/c1-12-11-30(6-4-14(12)10-15(31)18-17(25)16(24)13(2)27-18)23-28-19(20(35-23)22(32)33)21-26-5-7-29(21)8-9-34-3/h5,7,12,14,27H,4,6,8-11H2,1-3H3,(H,32,33)/t12-,14-/m0/s1. The number of halogens is 2. The van der Waals surface area contributed by atoms with Crippen molar-refractivity contribution in [1.29, 1.82) is 0 Å². The first-order chi connectivity index (χ1) is 16.7. The number of carbonyl (C=O) groups excluding carboxylic acids is 1. The summed E-state index contributed by atoms with van der Waals surface area (Å²) >= 11 is 13.5. The van der Waals surface area contributed by atoms with Gasteiger partial charge in [-0.25, -0.2) is 14.8 Å². The third-order valence-electron chi connectivity index (χ3n) is 6.41. The van der Waals surface area contributed by atoms with E-state index in [0.29, 0.717) is 65.7 Å². The molecular formula is C23H27Cl2N5O4S. The van der Waals surface area contributed by atoms with Gasteiger partial charge < -0.3 is 24.3 Å². The van der Waals surface area contributed by atoms with Gasteiger partial charge >= 0.3 is 5.97 Å². The lowest BCUT2D eigenvalue weighted by Crippen LogP contribution is -2.40. The van der Waals surface area contributed by atoms with Crippen LogP contribution in [0.3, 0.4) is 0 Å². The number of hydrogen-bond donors (Lipinski definition) is 2. The van der Waals surface area contributed by atoms with Crippen LogP contribution < -0.4 is 4.90 Å². The van der Waals surface area contributed by atoms with Crippen LogP contribution in [0.15, 0.2) is 12.4 Å². The highest BCUT2D eigenvalue weighted by molar-refractivity contribution is 7.17. The fourth-order valence-electron chi connectivity index (χ4n) is 4.41. The molecule has 0 saturated carbocycles. The Hall–Kier alpha value is -2.40. The average molecular weight is 540 g/mol. The number of H-pyrrole nitrogens is 1. The van der Waals surface area contributed by atoms with Crippen molar-refractivity contribution in [3.63, 3.8) is 0 Å². The van der Waals surface area contributed by atoms with Gasteiger partial charge in [-0.15, -0.1) is 0 Å². The maximum atomic E-state index is 12.9. The lowest BCUT2D eigenvalue weighted by molar-refractivity contribution is 0.0702. The fraction of sp³-hybridized carbons (Fsp3) is 0.478. The largest absolute Gasteiger partial charge is 0.477 e. The molecule has 1 aliphatic rings. The Kier molecular flexibility index (Phi) is 7.85. The number of nitrogens with one attached hydrogen (secondary N) is 1. The lowest BCUT2D eigenvalue weighted by atomic mass is 9.83. The van der Waals surface area contributed by atoms with Crippen molar-refractivity contribution in [2.75, 3.05) is 31.7 Å². The molecule has 188 valence electrons. The summed E-state index contributed by atoms with van der Waals surface area (Å²) in [6, 6.07) is 0. The molecule has 0 amide bonds. The molecule has 1 aliphatic heterocycles. The first kappa shape index (κ1) is 25.7. The number of aromatic amines is 1. The summed E-state index contributed by atoms with van der Waals surface area (Å²) in [6.45, 7) is 6.24. The van der Waals surface area contributed by atoms with Gasteiger partial charge in [0, 0.05) is 51.3 Å². The minimum Gasteiger partial charge on any atom is -0.477 e. The molecule has 0 aliphatic carbocycles. The average Bonchev–Trinajstić information content (AvgIpc) is 3.53. The number of aromatic carboxylic acids is 1. The molecule has 9 nitrogen and oxygen atoms in total. The Morgan fingerprint density at radius 1 is 1.34 bits per heavy atom. The van der Waals surface area contributed by atoms with Crippen LogP contribution in [0, 0.1) is 18.8 Å². The number of nitrogens with zero attached hydrogens (tertiary/aromatic N) is 4. The van der Waals surface area contributed by atoms with Crippen molar-refractivity contribution in [1.82, 2.24) is 19.5 Å². The van der Waals surface area contributed by atoms with Gasteiger partial charge in [0.15, 0.2) is 16.7 Å². The number of ether oxygens (including phenoxy) is 1. The second-order valence-electron chi connectivity index (χ2n) is 8.77. The van der Waals surface area contributed by atoms with Crippen LogP contribution in [0.5, 0.6) is 0 Å². The first-order valence-corrected chi connectivity index (χ1v) is 12.8. The summed E-state index contributed by atoms with van der Waals surface area (Å²) in [5.74, 6) is -0.212.